The molecule has 206 valence electrons. The predicted molar refractivity (Wildman–Crippen MR) is 149 cm³/mol. The highest BCUT2D eigenvalue weighted by Crippen LogP contribution is 2.49. The minimum atomic E-state index is -1.12. The van der Waals surface area contributed by atoms with E-state index in [2.05, 4.69) is 9.88 Å². The lowest BCUT2D eigenvalue weighted by Gasteiger charge is -2.42. The molecule has 2 aliphatic carbocycles. The number of aromatic nitrogens is 2. The maximum absolute atomic E-state index is 12.6. The number of pyridine rings is 2. The molecule has 2 aromatic heterocycles. The lowest BCUT2D eigenvalue weighted by molar-refractivity contribution is -0.160. The SMILES string of the molecule is Cc1ncc(-c2ccc(OCC3CCC3)cn2)c(N2CCC3(CCCC3)CC2)c1[C@H](OC(C)(C)C)C(=O)O. The van der Waals surface area contributed by atoms with Crippen LogP contribution in [0, 0.1) is 18.3 Å². The van der Waals surface area contributed by atoms with Crippen LogP contribution < -0.4 is 9.64 Å². The highest BCUT2D eigenvalue weighted by molar-refractivity contribution is 5.85. The fourth-order valence-corrected chi connectivity index (χ4v) is 6.37. The number of carboxylic acids is 1. The first kappa shape index (κ1) is 26.9. The summed E-state index contributed by atoms with van der Waals surface area (Å²) in [6, 6.07) is 3.94. The van der Waals surface area contributed by atoms with Crippen molar-refractivity contribution in [1.82, 2.24) is 9.97 Å². The van der Waals surface area contributed by atoms with Crippen LogP contribution in [0.4, 0.5) is 5.69 Å². The van der Waals surface area contributed by atoms with Gasteiger partial charge in [-0.05, 0) is 89.7 Å². The summed E-state index contributed by atoms with van der Waals surface area (Å²) in [5, 5.41) is 10.3. The number of carboxylic acid groups (broad SMARTS) is 1. The molecule has 5 rings (SSSR count). The molecule has 1 spiro atoms. The Morgan fingerprint density at radius 1 is 1.08 bits per heavy atom. The van der Waals surface area contributed by atoms with Gasteiger partial charge < -0.3 is 19.5 Å². The van der Waals surface area contributed by atoms with E-state index in [0.717, 1.165) is 55.2 Å². The monoisotopic (exact) mass is 521 g/mol. The predicted octanol–water partition coefficient (Wildman–Crippen LogP) is 6.73. The molecular formula is C31H43N3O4. The second-order valence-corrected chi connectivity index (χ2v) is 12.6. The Bertz CT molecular complexity index is 1120. The van der Waals surface area contributed by atoms with Crippen LogP contribution in [0.2, 0.25) is 0 Å². The zero-order valence-electron chi connectivity index (χ0n) is 23.5. The van der Waals surface area contributed by atoms with Crippen LogP contribution in [0.3, 0.4) is 0 Å². The minimum Gasteiger partial charge on any atom is -0.492 e. The molecule has 7 heteroatoms. The highest BCUT2D eigenvalue weighted by Gasteiger charge is 2.40. The maximum atomic E-state index is 12.6. The molecule has 1 saturated heterocycles. The number of ether oxygens (including phenoxy) is 2. The number of hydrogen-bond donors (Lipinski definition) is 1. The molecule has 0 bridgehead atoms. The van der Waals surface area contributed by atoms with Crippen molar-refractivity contribution in [3.05, 3.63) is 35.8 Å². The van der Waals surface area contributed by atoms with Crippen LogP contribution in [0.25, 0.3) is 11.3 Å². The van der Waals surface area contributed by atoms with Crippen molar-refractivity contribution in [2.24, 2.45) is 11.3 Å². The number of carbonyl (C=O) groups is 1. The Kier molecular flexibility index (Phi) is 7.67. The van der Waals surface area contributed by atoms with Gasteiger partial charge >= 0.3 is 5.97 Å². The molecule has 3 heterocycles. The third kappa shape index (κ3) is 5.83. The average Bonchev–Trinajstić information content (AvgIpc) is 3.30. The van der Waals surface area contributed by atoms with Gasteiger partial charge in [-0.3, -0.25) is 9.97 Å². The first-order valence-corrected chi connectivity index (χ1v) is 14.4. The molecule has 0 unspecified atom stereocenters. The topological polar surface area (TPSA) is 84.8 Å². The van der Waals surface area contributed by atoms with Crippen molar-refractivity contribution in [2.45, 2.75) is 97.2 Å². The van der Waals surface area contributed by atoms with E-state index in [1.165, 1.54) is 44.9 Å². The van der Waals surface area contributed by atoms with Gasteiger partial charge in [0.25, 0.3) is 0 Å². The van der Waals surface area contributed by atoms with Crippen molar-refractivity contribution >= 4 is 11.7 Å². The molecule has 2 aromatic rings. The van der Waals surface area contributed by atoms with Crippen LogP contribution in [0.15, 0.2) is 24.5 Å². The second kappa shape index (κ2) is 10.8. The first-order chi connectivity index (χ1) is 18.1. The standard InChI is InChI=1S/C31H43N3O4/c1-21-26(28(29(35)36)38-30(2,3)4)27(34-16-14-31(15-17-34)12-5-6-13-31)24(19-32-21)25-11-10-23(18-33-25)37-20-22-8-7-9-22/h10-11,18-19,22,28H,5-9,12-17,20H2,1-4H3,(H,35,36)/t28-/m0/s1. The lowest BCUT2D eigenvalue weighted by Crippen LogP contribution is -2.40. The van der Waals surface area contributed by atoms with Crippen molar-refractivity contribution in [3.8, 4) is 17.0 Å². The average molecular weight is 522 g/mol. The molecule has 1 aliphatic heterocycles. The Morgan fingerprint density at radius 2 is 1.79 bits per heavy atom. The number of hydrogen-bond acceptors (Lipinski definition) is 6. The van der Waals surface area contributed by atoms with Crippen molar-refractivity contribution < 1.29 is 19.4 Å². The van der Waals surface area contributed by atoms with Crippen molar-refractivity contribution in [3.63, 3.8) is 0 Å². The molecular weight excluding hydrogens is 478 g/mol. The number of aryl methyl sites for hydroxylation is 1. The second-order valence-electron chi connectivity index (χ2n) is 12.6. The van der Waals surface area contributed by atoms with Gasteiger partial charge in [-0.15, -0.1) is 0 Å². The van der Waals surface area contributed by atoms with Crippen molar-refractivity contribution in [2.75, 3.05) is 24.6 Å². The van der Waals surface area contributed by atoms with E-state index in [1.807, 2.05) is 46.0 Å². The van der Waals surface area contributed by atoms with Crippen LogP contribution >= 0.6 is 0 Å². The summed E-state index contributed by atoms with van der Waals surface area (Å²) in [5.41, 5.74) is 3.66. The van der Waals surface area contributed by atoms with Crippen LogP contribution in [-0.4, -0.2) is 46.3 Å². The summed E-state index contributed by atoms with van der Waals surface area (Å²) in [7, 11) is 0. The molecule has 0 radical (unpaired) electrons. The van der Waals surface area contributed by atoms with E-state index in [1.54, 1.807) is 6.20 Å². The van der Waals surface area contributed by atoms with Gasteiger partial charge in [0, 0.05) is 36.1 Å². The zero-order valence-corrected chi connectivity index (χ0v) is 23.5. The zero-order chi connectivity index (χ0) is 26.9. The number of nitrogens with zero attached hydrogens (tertiary/aromatic N) is 3. The third-order valence-corrected chi connectivity index (χ3v) is 8.77. The van der Waals surface area contributed by atoms with Crippen LogP contribution in [-0.2, 0) is 9.53 Å². The minimum absolute atomic E-state index is 0.449. The molecule has 2 saturated carbocycles. The summed E-state index contributed by atoms with van der Waals surface area (Å²) < 4.78 is 12.1. The summed E-state index contributed by atoms with van der Waals surface area (Å²) in [6.45, 7) is 10.1. The van der Waals surface area contributed by atoms with Crippen LogP contribution in [0.5, 0.6) is 5.75 Å². The van der Waals surface area contributed by atoms with Gasteiger partial charge in [-0.25, -0.2) is 4.79 Å². The van der Waals surface area contributed by atoms with Gasteiger partial charge in [0.2, 0.25) is 0 Å². The van der Waals surface area contributed by atoms with E-state index in [9.17, 15) is 9.90 Å². The summed E-state index contributed by atoms with van der Waals surface area (Å²) in [6.07, 6.45) is 13.8. The molecule has 1 N–H and O–H groups in total. The van der Waals surface area contributed by atoms with E-state index < -0.39 is 17.7 Å². The van der Waals surface area contributed by atoms with Gasteiger partial charge in [-0.1, -0.05) is 19.3 Å². The first-order valence-electron chi connectivity index (χ1n) is 14.4. The largest absolute Gasteiger partial charge is 0.492 e. The number of anilines is 1. The molecule has 3 aliphatic rings. The molecule has 0 aromatic carbocycles. The summed E-state index contributed by atoms with van der Waals surface area (Å²) in [5.74, 6) is 0.423. The van der Waals surface area contributed by atoms with E-state index in [0.29, 0.717) is 22.6 Å². The Hall–Kier alpha value is -2.67. The van der Waals surface area contributed by atoms with Crippen molar-refractivity contribution in [1.29, 1.82) is 0 Å². The number of piperidine rings is 1. The van der Waals surface area contributed by atoms with E-state index in [-0.39, 0.29) is 0 Å². The number of rotatable bonds is 8. The quantitative estimate of drug-likeness (QED) is 0.412. The highest BCUT2D eigenvalue weighted by atomic mass is 16.5. The normalized spacial score (nSPS) is 20.4. The van der Waals surface area contributed by atoms with Crippen LogP contribution in [0.1, 0.15) is 95.9 Å². The van der Waals surface area contributed by atoms with E-state index in [4.69, 9.17) is 14.5 Å². The maximum Gasteiger partial charge on any atom is 0.337 e. The van der Waals surface area contributed by atoms with Gasteiger partial charge in [-0.2, -0.15) is 0 Å². The van der Waals surface area contributed by atoms with E-state index >= 15 is 0 Å². The van der Waals surface area contributed by atoms with Gasteiger partial charge in [0.05, 0.1) is 29.8 Å². The summed E-state index contributed by atoms with van der Waals surface area (Å²) >= 11 is 0. The molecule has 7 nitrogen and oxygen atoms in total. The third-order valence-electron chi connectivity index (χ3n) is 8.77. The fourth-order valence-electron chi connectivity index (χ4n) is 6.37. The fraction of sp³-hybridized carbons (Fsp3) is 0.645. The molecule has 0 amide bonds. The molecule has 38 heavy (non-hydrogen) atoms. The number of aliphatic carboxylic acids is 1. The lowest BCUT2D eigenvalue weighted by atomic mass is 9.76. The Labute approximate surface area is 227 Å². The Morgan fingerprint density at radius 3 is 2.34 bits per heavy atom. The van der Waals surface area contributed by atoms with Gasteiger partial charge in [0.1, 0.15) is 5.75 Å². The molecule has 1 atom stereocenters. The van der Waals surface area contributed by atoms with Gasteiger partial charge in [0.15, 0.2) is 6.10 Å². The summed E-state index contributed by atoms with van der Waals surface area (Å²) in [4.78, 5) is 24.4. The molecule has 3 fully saturated rings. The smallest absolute Gasteiger partial charge is 0.337 e. The Balaban J connectivity index is 1.52.